The van der Waals surface area contributed by atoms with Crippen molar-refractivity contribution in [3.05, 3.63) is 209 Å². The van der Waals surface area contributed by atoms with E-state index in [0.717, 1.165) is 67.0 Å². The number of hydrogen-bond acceptors (Lipinski definition) is 1. The van der Waals surface area contributed by atoms with Crippen LogP contribution >= 0.6 is 11.6 Å². The van der Waals surface area contributed by atoms with Crippen LogP contribution < -0.4 is 4.90 Å². The maximum atomic E-state index is 7.38. The number of anilines is 3. The minimum Gasteiger partial charge on any atom is -0.354 e. The van der Waals surface area contributed by atoms with Gasteiger partial charge < -0.3 is 9.88 Å². The largest absolute Gasteiger partial charge is 0.354 e. The van der Waals surface area contributed by atoms with Crippen molar-refractivity contribution in [3.63, 3.8) is 0 Å². The Labute approximate surface area is 351 Å². The van der Waals surface area contributed by atoms with E-state index in [1.807, 2.05) is 0 Å². The molecule has 0 fully saturated rings. The van der Waals surface area contributed by atoms with Gasteiger partial charge in [-0.15, -0.1) is 0 Å². The first kappa shape index (κ1) is 36.5. The van der Waals surface area contributed by atoms with Crippen molar-refractivity contribution in [1.29, 1.82) is 0 Å². The van der Waals surface area contributed by atoms with Gasteiger partial charge in [-0.2, -0.15) is 0 Å². The molecule has 59 heavy (non-hydrogen) atoms. The Balaban J connectivity index is 1.22. The summed E-state index contributed by atoms with van der Waals surface area (Å²) in [5.41, 5.74) is 19.4. The van der Waals surface area contributed by atoms with Crippen LogP contribution in [0.3, 0.4) is 0 Å². The molecule has 9 aromatic carbocycles. The Morgan fingerprint density at radius 2 is 1.05 bits per heavy atom. The molecule has 10 rings (SSSR count). The van der Waals surface area contributed by atoms with Gasteiger partial charge in [0.05, 0.1) is 5.52 Å². The van der Waals surface area contributed by atoms with Crippen LogP contribution in [-0.4, -0.2) is 4.98 Å². The number of nitrogens with zero attached hydrogens (tertiary/aromatic N) is 1. The van der Waals surface area contributed by atoms with Gasteiger partial charge >= 0.3 is 0 Å². The van der Waals surface area contributed by atoms with Gasteiger partial charge in [0.2, 0.25) is 0 Å². The number of aryl methyl sites for hydroxylation is 3. The average molecular weight is 779 g/mol. The molecule has 2 nitrogen and oxygen atoms in total. The molecule has 0 aliphatic rings. The molecule has 1 aromatic heterocycles. The van der Waals surface area contributed by atoms with Gasteiger partial charge in [-0.05, 0) is 143 Å². The van der Waals surface area contributed by atoms with Gasteiger partial charge in [0.15, 0.2) is 0 Å². The van der Waals surface area contributed by atoms with E-state index in [0.29, 0.717) is 5.02 Å². The zero-order valence-electron chi connectivity index (χ0n) is 33.6. The molecule has 0 saturated carbocycles. The highest BCUT2D eigenvalue weighted by molar-refractivity contribution is 6.32. The third kappa shape index (κ3) is 6.56. The van der Waals surface area contributed by atoms with Crippen molar-refractivity contribution >= 4 is 61.2 Å². The molecular formula is C56H43ClN2. The Kier molecular flexibility index (Phi) is 9.16. The summed E-state index contributed by atoms with van der Waals surface area (Å²) in [4.78, 5) is 6.21. The molecule has 0 saturated heterocycles. The SMILES string of the molecule is Cc1ccc(-c2ccc(N(c3cc(-c4ccccc4)cc(-c4ccccc4)c3)c3cc(Cl)c(C)c(-c4cccc5c4[nH]c4ccc6ccccc6c45)c3)cc2C)c(C)c1. The van der Waals surface area contributed by atoms with Crippen LogP contribution in [0.4, 0.5) is 17.1 Å². The van der Waals surface area contributed by atoms with Crippen molar-refractivity contribution < 1.29 is 0 Å². The van der Waals surface area contributed by atoms with Gasteiger partial charge in [-0.25, -0.2) is 0 Å². The second-order valence-corrected chi connectivity index (χ2v) is 16.2. The predicted molar refractivity (Wildman–Crippen MR) is 254 cm³/mol. The lowest BCUT2D eigenvalue weighted by molar-refractivity contribution is 1.26. The summed E-state index contributed by atoms with van der Waals surface area (Å²) in [6.45, 7) is 8.71. The molecular weight excluding hydrogens is 736 g/mol. The monoisotopic (exact) mass is 778 g/mol. The van der Waals surface area contributed by atoms with E-state index in [1.165, 1.54) is 49.4 Å². The quantitative estimate of drug-likeness (QED) is 0.171. The topological polar surface area (TPSA) is 19.0 Å². The number of halogens is 1. The molecule has 1 N–H and O–H groups in total. The Morgan fingerprint density at radius 3 is 1.75 bits per heavy atom. The minimum absolute atomic E-state index is 0.715. The van der Waals surface area contributed by atoms with Gasteiger partial charge in [0.25, 0.3) is 0 Å². The van der Waals surface area contributed by atoms with Gasteiger partial charge in [0, 0.05) is 43.9 Å². The maximum Gasteiger partial charge on any atom is 0.0544 e. The molecule has 1 heterocycles. The van der Waals surface area contributed by atoms with Crippen molar-refractivity contribution in [3.8, 4) is 44.5 Å². The summed E-state index contributed by atoms with van der Waals surface area (Å²) >= 11 is 7.38. The van der Waals surface area contributed by atoms with Crippen LogP contribution in [0.5, 0.6) is 0 Å². The number of aromatic amines is 1. The van der Waals surface area contributed by atoms with Crippen molar-refractivity contribution in [2.24, 2.45) is 0 Å². The van der Waals surface area contributed by atoms with Crippen LogP contribution in [0.25, 0.3) is 77.1 Å². The summed E-state index contributed by atoms with van der Waals surface area (Å²) in [5, 5.41) is 5.64. The fourth-order valence-electron chi connectivity index (χ4n) is 8.98. The second kappa shape index (κ2) is 14.8. The molecule has 0 aliphatic heterocycles. The fraction of sp³-hybridized carbons (Fsp3) is 0.0714. The van der Waals surface area contributed by atoms with E-state index >= 15 is 0 Å². The van der Waals surface area contributed by atoms with Crippen LogP contribution in [0.15, 0.2) is 182 Å². The normalized spacial score (nSPS) is 11.5. The predicted octanol–water partition coefficient (Wildman–Crippen LogP) is 16.5. The van der Waals surface area contributed by atoms with E-state index in [2.05, 4.69) is 220 Å². The van der Waals surface area contributed by atoms with Crippen molar-refractivity contribution in [1.82, 2.24) is 4.98 Å². The molecule has 284 valence electrons. The van der Waals surface area contributed by atoms with Gasteiger partial charge in [0.1, 0.15) is 0 Å². The van der Waals surface area contributed by atoms with E-state index in [-0.39, 0.29) is 0 Å². The van der Waals surface area contributed by atoms with E-state index in [4.69, 9.17) is 11.6 Å². The smallest absolute Gasteiger partial charge is 0.0544 e. The summed E-state index contributed by atoms with van der Waals surface area (Å²) in [5.74, 6) is 0. The second-order valence-electron chi connectivity index (χ2n) is 15.8. The van der Waals surface area contributed by atoms with Gasteiger partial charge in [-0.3, -0.25) is 0 Å². The molecule has 0 amide bonds. The molecule has 0 aliphatic carbocycles. The first-order valence-electron chi connectivity index (χ1n) is 20.3. The molecule has 0 bridgehead atoms. The Morgan fingerprint density at radius 1 is 0.424 bits per heavy atom. The Bertz CT molecular complexity index is 3160. The highest BCUT2D eigenvalue weighted by Crippen LogP contribution is 2.46. The van der Waals surface area contributed by atoms with Crippen LogP contribution in [-0.2, 0) is 0 Å². The summed E-state index contributed by atoms with van der Waals surface area (Å²) in [6, 6.07) is 65.9. The number of fused-ring (bicyclic) bond motifs is 5. The Hall–Kier alpha value is -6.87. The first-order valence-corrected chi connectivity index (χ1v) is 20.7. The number of rotatable bonds is 7. The first-order chi connectivity index (χ1) is 28.8. The summed E-state index contributed by atoms with van der Waals surface area (Å²) in [7, 11) is 0. The number of aromatic nitrogens is 1. The molecule has 0 spiro atoms. The lowest BCUT2D eigenvalue weighted by Crippen LogP contribution is -2.11. The van der Waals surface area contributed by atoms with Crippen LogP contribution in [0, 0.1) is 27.7 Å². The lowest BCUT2D eigenvalue weighted by atomic mass is 9.93. The zero-order chi connectivity index (χ0) is 40.2. The van der Waals surface area contributed by atoms with E-state index in [9.17, 15) is 0 Å². The lowest BCUT2D eigenvalue weighted by Gasteiger charge is -2.29. The third-order valence-electron chi connectivity index (χ3n) is 11.9. The van der Waals surface area contributed by atoms with Gasteiger partial charge in [-0.1, -0.05) is 151 Å². The van der Waals surface area contributed by atoms with Crippen molar-refractivity contribution in [2.75, 3.05) is 4.90 Å². The zero-order valence-corrected chi connectivity index (χ0v) is 34.4. The molecule has 3 heteroatoms. The van der Waals surface area contributed by atoms with Crippen molar-refractivity contribution in [2.45, 2.75) is 27.7 Å². The number of para-hydroxylation sites is 1. The molecule has 0 unspecified atom stereocenters. The van der Waals surface area contributed by atoms with Crippen LogP contribution in [0.2, 0.25) is 5.02 Å². The number of benzene rings is 9. The minimum atomic E-state index is 0.715. The fourth-order valence-corrected chi connectivity index (χ4v) is 9.19. The number of H-pyrrole nitrogens is 1. The standard InChI is InChI=1S/C56H43ClN2/c1-35-22-25-47(36(2)28-35)48-26-24-44(29-37(48)3)59(45-31-42(39-14-7-5-8-15-39)30-43(32-45)40-16-9-6-10-17-40)46-33-52(38(4)53(57)34-46)50-20-13-21-51-55-49-19-12-11-18-41(49)23-27-54(55)58-56(50)51/h5-34,58H,1-4H3. The van der Waals surface area contributed by atoms with E-state index in [1.54, 1.807) is 0 Å². The molecule has 0 atom stereocenters. The van der Waals surface area contributed by atoms with E-state index < -0.39 is 0 Å². The average Bonchev–Trinajstić information content (AvgIpc) is 3.66. The maximum absolute atomic E-state index is 7.38. The highest BCUT2D eigenvalue weighted by Gasteiger charge is 2.22. The molecule has 10 aromatic rings. The summed E-state index contributed by atoms with van der Waals surface area (Å²) in [6.07, 6.45) is 0. The van der Waals surface area contributed by atoms with Crippen LogP contribution in [0.1, 0.15) is 22.3 Å². The number of hydrogen-bond donors (Lipinski definition) is 1. The molecule has 0 radical (unpaired) electrons. The third-order valence-corrected chi connectivity index (χ3v) is 12.3. The highest BCUT2D eigenvalue weighted by atomic mass is 35.5. The summed E-state index contributed by atoms with van der Waals surface area (Å²) < 4.78 is 0. The number of nitrogens with one attached hydrogen (secondary N) is 1.